The van der Waals surface area contributed by atoms with Gasteiger partial charge in [-0.1, -0.05) is 30.7 Å². The molecule has 3 aromatic rings. The molecular weight excluding hydrogens is 510 g/mol. The molecule has 2 aliphatic heterocycles. The van der Waals surface area contributed by atoms with Gasteiger partial charge in [-0.05, 0) is 89.6 Å². The van der Waals surface area contributed by atoms with Crippen molar-refractivity contribution in [3.8, 4) is 11.3 Å². The molecule has 2 fully saturated rings. The number of likely N-dealkylation sites (N-methyl/N-ethyl adjacent to an activating group) is 1. The number of hydrogen-bond donors (Lipinski definition) is 2. The minimum Gasteiger partial charge on any atom is -0.384 e. The van der Waals surface area contributed by atoms with Crippen LogP contribution in [0.1, 0.15) is 44.1 Å². The molecule has 41 heavy (non-hydrogen) atoms. The molecule has 0 bridgehead atoms. The third-order valence-electron chi connectivity index (χ3n) is 8.48. The molecule has 1 amide bonds. The Balaban J connectivity index is 1.12. The van der Waals surface area contributed by atoms with E-state index < -0.39 is 0 Å². The summed E-state index contributed by atoms with van der Waals surface area (Å²) in [6, 6.07) is 12.6. The molecule has 0 saturated carbocycles. The van der Waals surface area contributed by atoms with Crippen LogP contribution in [0.4, 0.5) is 5.69 Å². The van der Waals surface area contributed by atoms with Crippen molar-refractivity contribution in [2.45, 2.75) is 44.9 Å². The second kappa shape index (κ2) is 15.2. The first-order valence-electron chi connectivity index (χ1n) is 15.6. The van der Waals surface area contributed by atoms with Crippen LogP contribution in [0.2, 0.25) is 0 Å². The van der Waals surface area contributed by atoms with E-state index in [9.17, 15) is 4.79 Å². The van der Waals surface area contributed by atoms with Gasteiger partial charge in [-0.25, -0.2) is 4.98 Å². The molecule has 2 N–H and O–H groups in total. The largest absolute Gasteiger partial charge is 0.384 e. The maximum Gasteiger partial charge on any atom is 0.220 e. The van der Waals surface area contributed by atoms with Gasteiger partial charge in [-0.3, -0.25) is 9.78 Å². The summed E-state index contributed by atoms with van der Waals surface area (Å²) in [4.78, 5) is 29.2. The van der Waals surface area contributed by atoms with Crippen LogP contribution in [0.25, 0.3) is 22.2 Å². The fraction of sp³-hybridized carbons (Fsp3) is 0.545. The monoisotopic (exact) mass is 557 g/mol. The van der Waals surface area contributed by atoms with Crippen molar-refractivity contribution in [2.75, 3.05) is 77.8 Å². The Morgan fingerprint density at radius 2 is 1.68 bits per heavy atom. The number of amides is 1. The summed E-state index contributed by atoms with van der Waals surface area (Å²) in [6.45, 7) is 10.7. The van der Waals surface area contributed by atoms with E-state index in [-0.39, 0.29) is 5.91 Å². The van der Waals surface area contributed by atoms with Gasteiger partial charge in [0, 0.05) is 68.2 Å². The smallest absolute Gasteiger partial charge is 0.220 e. The van der Waals surface area contributed by atoms with Crippen LogP contribution in [-0.4, -0.2) is 103 Å². The fourth-order valence-electron chi connectivity index (χ4n) is 5.94. The number of carbonyl (C=O) groups excluding carboxylic acids is 1. The van der Waals surface area contributed by atoms with E-state index >= 15 is 0 Å². The second-order valence-corrected chi connectivity index (χ2v) is 11.7. The van der Waals surface area contributed by atoms with Crippen LogP contribution in [0, 0.1) is 0 Å². The number of anilines is 1. The number of pyridine rings is 2. The summed E-state index contributed by atoms with van der Waals surface area (Å²) in [6.07, 6.45) is 11.3. The maximum atomic E-state index is 12.5. The summed E-state index contributed by atoms with van der Waals surface area (Å²) in [5.74, 6) is 0.127. The molecule has 1 aromatic carbocycles. The Morgan fingerprint density at radius 1 is 0.878 bits per heavy atom. The number of aryl methyl sites for hydroxylation is 1. The second-order valence-electron chi connectivity index (χ2n) is 11.7. The SMILES string of the molecule is CN1CCCN(CCNC(=O)CCc2ccc(-c3cc(NCCCN4CCCCC4)c4cnccc4n3)cc2)CC1. The number of nitrogens with one attached hydrogen (secondary N) is 2. The summed E-state index contributed by atoms with van der Waals surface area (Å²) < 4.78 is 0. The number of hydrogen-bond acceptors (Lipinski definition) is 7. The van der Waals surface area contributed by atoms with Crippen LogP contribution in [0.15, 0.2) is 48.8 Å². The number of carbonyl (C=O) groups is 1. The number of piperidine rings is 1. The number of rotatable bonds is 12. The van der Waals surface area contributed by atoms with Crippen molar-refractivity contribution in [3.63, 3.8) is 0 Å². The van der Waals surface area contributed by atoms with Crippen LogP contribution in [-0.2, 0) is 11.2 Å². The maximum absolute atomic E-state index is 12.5. The van der Waals surface area contributed by atoms with Gasteiger partial charge in [0.2, 0.25) is 5.91 Å². The highest BCUT2D eigenvalue weighted by Gasteiger charge is 2.13. The fourth-order valence-corrected chi connectivity index (χ4v) is 5.94. The van der Waals surface area contributed by atoms with E-state index in [1.165, 1.54) is 44.3 Å². The molecule has 8 heteroatoms. The highest BCUT2D eigenvalue weighted by Crippen LogP contribution is 2.28. The molecule has 0 aliphatic carbocycles. The normalized spacial score (nSPS) is 17.4. The zero-order valence-corrected chi connectivity index (χ0v) is 24.8. The number of fused-ring (bicyclic) bond motifs is 1. The van der Waals surface area contributed by atoms with Gasteiger partial charge < -0.3 is 25.3 Å². The minimum atomic E-state index is 0.127. The lowest BCUT2D eigenvalue weighted by atomic mass is 10.0. The summed E-state index contributed by atoms with van der Waals surface area (Å²) in [5, 5.41) is 7.84. The zero-order chi connectivity index (χ0) is 28.3. The molecule has 220 valence electrons. The topological polar surface area (TPSA) is 76.6 Å². The van der Waals surface area contributed by atoms with E-state index in [0.717, 1.165) is 93.0 Å². The Kier molecular flexibility index (Phi) is 10.9. The lowest BCUT2D eigenvalue weighted by molar-refractivity contribution is -0.121. The lowest BCUT2D eigenvalue weighted by Gasteiger charge is -2.26. The average molecular weight is 558 g/mol. The Labute approximate surface area is 245 Å². The Bertz CT molecular complexity index is 1240. The van der Waals surface area contributed by atoms with E-state index in [1.54, 1.807) is 6.20 Å². The molecule has 4 heterocycles. The summed E-state index contributed by atoms with van der Waals surface area (Å²) in [5.41, 5.74) is 5.23. The summed E-state index contributed by atoms with van der Waals surface area (Å²) >= 11 is 0. The van der Waals surface area contributed by atoms with Crippen LogP contribution in [0.3, 0.4) is 0 Å². The predicted octanol–water partition coefficient (Wildman–Crippen LogP) is 4.27. The third-order valence-corrected chi connectivity index (χ3v) is 8.48. The number of likely N-dealkylation sites (tertiary alicyclic amines) is 1. The molecule has 0 atom stereocenters. The Hall–Kier alpha value is -3.07. The quantitative estimate of drug-likeness (QED) is 0.322. The molecule has 2 aliphatic rings. The highest BCUT2D eigenvalue weighted by molar-refractivity contribution is 5.93. The van der Waals surface area contributed by atoms with Crippen molar-refractivity contribution in [1.82, 2.24) is 30.0 Å². The molecule has 0 unspecified atom stereocenters. The zero-order valence-electron chi connectivity index (χ0n) is 24.8. The van der Waals surface area contributed by atoms with Crippen molar-refractivity contribution in [2.24, 2.45) is 0 Å². The van der Waals surface area contributed by atoms with Crippen LogP contribution in [0.5, 0.6) is 0 Å². The van der Waals surface area contributed by atoms with Crippen LogP contribution < -0.4 is 10.6 Å². The van der Waals surface area contributed by atoms with E-state index in [2.05, 4.69) is 67.7 Å². The van der Waals surface area contributed by atoms with Gasteiger partial charge in [-0.15, -0.1) is 0 Å². The van der Waals surface area contributed by atoms with Gasteiger partial charge in [0.05, 0.1) is 11.2 Å². The van der Waals surface area contributed by atoms with E-state index in [1.807, 2.05) is 12.3 Å². The molecule has 2 saturated heterocycles. The van der Waals surface area contributed by atoms with Gasteiger partial charge in [-0.2, -0.15) is 0 Å². The van der Waals surface area contributed by atoms with E-state index in [0.29, 0.717) is 6.42 Å². The van der Waals surface area contributed by atoms with Crippen molar-refractivity contribution >= 4 is 22.5 Å². The molecule has 2 aromatic heterocycles. The molecular formula is C33H47N7O. The van der Waals surface area contributed by atoms with Crippen molar-refractivity contribution in [1.29, 1.82) is 0 Å². The molecule has 8 nitrogen and oxygen atoms in total. The highest BCUT2D eigenvalue weighted by atomic mass is 16.1. The van der Waals surface area contributed by atoms with Crippen molar-refractivity contribution in [3.05, 3.63) is 54.4 Å². The molecule has 0 spiro atoms. The predicted molar refractivity (Wildman–Crippen MR) is 168 cm³/mol. The van der Waals surface area contributed by atoms with Gasteiger partial charge >= 0.3 is 0 Å². The average Bonchev–Trinajstić information content (AvgIpc) is 3.22. The number of nitrogens with zero attached hydrogens (tertiary/aromatic N) is 5. The minimum absolute atomic E-state index is 0.127. The first kappa shape index (κ1) is 29.4. The number of benzene rings is 1. The third kappa shape index (κ3) is 8.96. The van der Waals surface area contributed by atoms with Gasteiger partial charge in [0.25, 0.3) is 0 Å². The number of aromatic nitrogens is 2. The van der Waals surface area contributed by atoms with Gasteiger partial charge in [0.15, 0.2) is 0 Å². The van der Waals surface area contributed by atoms with E-state index in [4.69, 9.17) is 4.98 Å². The summed E-state index contributed by atoms with van der Waals surface area (Å²) in [7, 11) is 2.18. The standard InChI is InChI=1S/C33H47N7O/c1-38-17-6-21-40(24-23-38)22-16-36-33(41)12-9-27-7-10-28(11-8-27)31-25-32(29-26-34-15-13-30(29)37-31)35-14-5-20-39-18-3-2-4-19-39/h7-8,10-11,13,15,25-26H,2-6,9,12,14,16-24H2,1H3,(H,35,37)(H,36,41). The molecule has 5 rings (SSSR count). The Morgan fingerprint density at radius 3 is 2.54 bits per heavy atom. The lowest BCUT2D eigenvalue weighted by Crippen LogP contribution is -2.36. The van der Waals surface area contributed by atoms with Crippen molar-refractivity contribution < 1.29 is 4.79 Å². The van der Waals surface area contributed by atoms with Gasteiger partial charge in [0.1, 0.15) is 0 Å². The first-order valence-corrected chi connectivity index (χ1v) is 15.6. The first-order chi connectivity index (χ1) is 20.1. The van der Waals surface area contributed by atoms with Crippen LogP contribution >= 0.6 is 0 Å². The molecule has 0 radical (unpaired) electrons.